The van der Waals surface area contributed by atoms with Crippen molar-refractivity contribution in [1.29, 1.82) is 0 Å². The van der Waals surface area contributed by atoms with Crippen molar-refractivity contribution < 1.29 is 9.21 Å². The van der Waals surface area contributed by atoms with Gasteiger partial charge in [-0.1, -0.05) is 56.7 Å². The molecule has 7 heteroatoms. The quantitative estimate of drug-likeness (QED) is 0.643. The van der Waals surface area contributed by atoms with E-state index in [1.165, 1.54) is 24.6 Å². The molecule has 3 atom stereocenters. The highest BCUT2D eigenvalue weighted by Crippen LogP contribution is 2.31. The van der Waals surface area contributed by atoms with Gasteiger partial charge in [0.15, 0.2) is 0 Å². The predicted molar refractivity (Wildman–Crippen MR) is 106 cm³/mol. The topological polar surface area (TPSA) is 83.8 Å². The van der Waals surface area contributed by atoms with Crippen molar-refractivity contribution >= 4 is 28.6 Å². The third kappa shape index (κ3) is 3.88. The smallest absolute Gasteiger partial charge is 0.277 e. The highest BCUT2D eigenvalue weighted by atomic mass is 32.2. The summed E-state index contributed by atoms with van der Waals surface area (Å²) in [6, 6.07) is 8.24. The molecule has 3 aromatic rings. The van der Waals surface area contributed by atoms with Gasteiger partial charge in [-0.05, 0) is 24.3 Å². The van der Waals surface area contributed by atoms with E-state index < -0.39 is 0 Å². The van der Waals surface area contributed by atoms with Crippen LogP contribution in [0.4, 0.5) is 0 Å². The van der Waals surface area contributed by atoms with Crippen LogP contribution in [0.15, 0.2) is 40.1 Å². The van der Waals surface area contributed by atoms with E-state index in [4.69, 9.17) is 4.42 Å². The standard InChI is InChI=1S/C20H24N4O2S/c1-12-6-5-9-16(13(12)2)22-18(25)11-27-20-24-23-19(26-20)15-10-21-17-8-4-3-7-14(15)17/h3-4,7-8,10,12-13,16,21H,5-6,9,11H2,1-2H3,(H,22,25)/t12-,13-,16-/m1/s1. The number of nitrogens with one attached hydrogen (secondary N) is 2. The fourth-order valence-electron chi connectivity index (χ4n) is 3.79. The summed E-state index contributed by atoms with van der Waals surface area (Å²) in [5.41, 5.74) is 1.90. The van der Waals surface area contributed by atoms with Gasteiger partial charge in [0.05, 0.1) is 11.3 Å². The third-order valence-electron chi connectivity index (χ3n) is 5.61. The zero-order valence-electron chi connectivity index (χ0n) is 15.6. The lowest BCUT2D eigenvalue weighted by Crippen LogP contribution is -2.44. The van der Waals surface area contributed by atoms with E-state index in [0.29, 0.717) is 22.9 Å². The Morgan fingerprint density at radius 2 is 2.15 bits per heavy atom. The molecule has 27 heavy (non-hydrogen) atoms. The molecule has 0 radical (unpaired) electrons. The molecule has 142 valence electrons. The van der Waals surface area contributed by atoms with E-state index in [0.717, 1.165) is 22.9 Å². The number of thioether (sulfide) groups is 1. The largest absolute Gasteiger partial charge is 0.411 e. The highest BCUT2D eigenvalue weighted by molar-refractivity contribution is 7.99. The van der Waals surface area contributed by atoms with Gasteiger partial charge in [-0.2, -0.15) is 0 Å². The number of nitrogens with zero attached hydrogens (tertiary/aromatic N) is 2. The summed E-state index contributed by atoms with van der Waals surface area (Å²) in [4.78, 5) is 15.5. The van der Waals surface area contributed by atoms with E-state index in [9.17, 15) is 4.79 Å². The number of amides is 1. The number of hydrogen-bond donors (Lipinski definition) is 2. The first-order valence-corrected chi connectivity index (χ1v) is 10.4. The summed E-state index contributed by atoms with van der Waals surface area (Å²) < 4.78 is 5.76. The van der Waals surface area contributed by atoms with Gasteiger partial charge in [-0.3, -0.25) is 4.79 Å². The molecule has 1 amide bonds. The van der Waals surface area contributed by atoms with Crippen LogP contribution in [-0.2, 0) is 4.79 Å². The molecular formula is C20H24N4O2S. The molecule has 1 fully saturated rings. The molecule has 0 bridgehead atoms. The molecule has 0 unspecified atom stereocenters. The second-order valence-corrected chi connectivity index (χ2v) is 8.28. The normalized spacial score (nSPS) is 22.8. The molecule has 0 spiro atoms. The Labute approximate surface area is 162 Å². The summed E-state index contributed by atoms with van der Waals surface area (Å²) in [7, 11) is 0. The molecule has 0 saturated heterocycles. The lowest BCUT2D eigenvalue weighted by atomic mass is 9.78. The first-order valence-electron chi connectivity index (χ1n) is 9.44. The van der Waals surface area contributed by atoms with Gasteiger partial charge in [-0.15, -0.1) is 10.2 Å². The first kappa shape index (κ1) is 18.1. The van der Waals surface area contributed by atoms with Crippen LogP contribution >= 0.6 is 11.8 Å². The van der Waals surface area contributed by atoms with Crippen LogP contribution in [0.5, 0.6) is 0 Å². The summed E-state index contributed by atoms with van der Waals surface area (Å²) in [6.45, 7) is 4.50. The zero-order valence-corrected chi connectivity index (χ0v) is 16.4. The minimum Gasteiger partial charge on any atom is -0.411 e. The van der Waals surface area contributed by atoms with Crippen LogP contribution in [0.2, 0.25) is 0 Å². The predicted octanol–water partition coefficient (Wildman–Crippen LogP) is 4.25. The number of benzene rings is 1. The summed E-state index contributed by atoms with van der Waals surface area (Å²) >= 11 is 1.28. The molecule has 2 N–H and O–H groups in total. The molecule has 2 aromatic heterocycles. The van der Waals surface area contributed by atoms with Gasteiger partial charge in [0.2, 0.25) is 5.91 Å². The molecule has 1 aromatic carbocycles. The molecule has 4 rings (SSSR count). The minimum atomic E-state index is 0.0257. The lowest BCUT2D eigenvalue weighted by molar-refractivity contribution is -0.120. The van der Waals surface area contributed by atoms with Crippen LogP contribution in [0, 0.1) is 11.8 Å². The number of rotatable bonds is 5. The van der Waals surface area contributed by atoms with Gasteiger partial charge >= 0.3 is 0 Å². The maximum absolute atomic E-state index is 12.3. The van der Waals surface area contributed by atoms with Crippen molar-refractivity contribution in [1.82, 2.24) is 20.5 Å². The van der Waals surface area contributed by atoms with Crippen LogP contribution in [0.25, 0.3) is 22.4 Å². The Morgan fingerprint density at radius 1 is 1.30 bits per heavy atom. The Hall–Kier alpha value is -2.28. The fraction of sp³-hybridized carbons (Fsp3) is 0.450. The highest BCUT2D eigenvalue weighted by Gasteiger charge is 2.28. The maximum atomic E-state index is 12.3. The van der Waals surface area contributed by atoms with Crippen molar-refractivity contribution in [2.75, 3.05) is 5.75 Å². The molecule has 1 aliphatic carbocycles. The molecular weight excluding hydrogens is 360 g/mol. The maximum Gasteiger partial charge on any atom is 0.277 e. The number of aromatic amines is 1. The van der Waals surface area contributed by atoms with E-state index in [1.807, 2.05) is 30.5 Å². The molecule has 1 aliphatic rings. The van der Waals surface area contributed by atoms with Crippen molar-refractivity contribution in [3.8, 4) is 11.5 Å². The molecule has 2 heterocycles. The molecule has 1 saturated carbocycles. The summed E-state index contributed by atoms with van der Waals surface area (Å²) in [6.07, 6.45) is 5.36. The van der Waals surface area contributed by atoms with E-state index in [1.54, 1.807) is 0 Å². The van der Waals surface area contributed by atoms with Gasteiger partial charge < -0.3 is 14.7 Å². The van der Waals surface area contributed by atoms with E-state index in [2.05, 4.69) is 34.3 Å². The lowest BCUT2D eigenvalue weighted by Gasteiger charge is -2.34. The number of carbonyl (C=O) groups is 1. The molecule has 0 aliphatic heterocycles. The SMILES string of the molecule is C[C@@H]1[C@H](C)CCC[C@H]1NC(=O)CSc1nnc(-c2c[nH]c3ccccc23)o1. The molecule has 6 nitrogen and oxygen atoms in total. The summed E-state index contributed by atoms with van der Waals surface area (Å²) in [5.74, 6) is 1.95. The van der Waals surface area contributed by atoms with Crippen LogP contribution in [0.3, 0.4) is 0 Å². The van der Waals surface area contributed by atoms with Gasteiger partial charge in [-0.25, -0.2) is 0 Å². The third-order valence-corrected chi connectivity index (χ3v) is 6.42. The average molecular weight is 385 g/mol. The Morgan fingerprint density at radius 3 is 3.04 bits per heavy atom. The number of carbonyl (C=O) groups excluding carboxylic acids is 1. The average Bonchev–Trinajstić information content (AvgIpc) is 3.30. The fourth-order valence-corrected chi connectivity index (χ4v) is 4.36. The van der Waals surface area contributed by atoms with Crippen molar-refractivity contribution in [3.05, 3.63) is 30.5 Å². The number of hydrogen-bond acceptors (Lipinski definition) is 5. The number of aromatic nitrogens is 3. The second-order valence-electron chi connectivity index (χ2n) is 7.35. The van der Waals surface area contributed by atoms with Crippen molar-refractivity contribution in [2.24, 2.45) is 11.8 Å². The Kier molecular flexibility index (Phi) is 5.20. The second kappa shape index (κ2) is 7.76. The monoisotopic (exact) mass is 384 g/mol. The van der Waals surface area contributed by atoms with Crippen molar-refractivity contribution in [2.45, 2.75) is 44.4 Å². The zero-order chi connectivity index (χ0) is 18.8. The van der Waals surface area contributed by atoms with Crippen LogP contribution in [0.1, 0.15) is 33.1 Å². The van der Waals surface area contributed by atoms with Crippen LogP contribution in [-0.4, -0.2) is 32.9 Å². The van der Waals surface area contributed by atoms with E-state index in [-0.39, 0.29) is 17.7 Å². The van der Waals surface area contributed by atoms with Crippen molar-refractivity contribution in [3.63, 3.8) is 0 Å². The Bertz CT molecular complexity index is 935. The first-order chi connectivity index (χ1) is 13.1. The van der Waals surface area contributed by atoms with E-state index >= 15 is 0 Å². The van der Waals surface area contributed by atoms with Gasteiger partial charge in [0, 0.05) is 23.1 Å². The minimum absolute atomic E-state index is 0.0257. The summed E-state index contributed by atoms with van der Waals surface area (Å²) in [5, 5.41) is 12.8. The Balaban J connectivity index is 1.36. The number of fused-ring (bicyclic) bond motifs is 1. The van der Waals surface area contributed by atoms with Crippen LogP contribution < -0.4 is 5.32 Å². The number of para-hydroxylation sites is 1. The van der Waals surface area contributed by atoms with Gasteiger partial charge in [0.1, 0.15) is 0 Å². The number of H-pyrrole nitrogens is 1. The van der Waals surface area contributed by atoms with Gasteiger partial charge in [0.25, 0.3) is 11.1 Å².